The van der Waals surface area contributed by atoms with Gasteiger partial charge in [-0.05, 0) is 23.6 Å². The second-order valence-electron chi connectivity index (χ2n) is 4.99. The SMILES string of the molecule is CCc1ccc(-c2nc(-c3cccc(CN)c3)cs2)cc1. The van der Waals surface area contributed by atoms with Crippen molar-refractivity contribution in [1.29, 1.82) is 0 Å². The van der Waals surface area contributed by atoms with Crippen molar-refractivity contribution >= 4 is 11.3 Å². The van der Waals surface area contributed by atoms with Gasteiger partial charge in [0.2, 0.25) is 0 Å². The van der Waals surface area contributed by atoms with Crippen LogP contribution in [0.3, 0.4) is 0 Å². The van der Waals surface area contributed by atoms with Gasteiger partial charge in [-0.1, -0.05) is 49.4 Å². The molecule has 106 valence electrons. The maximum atomic E-state index is 5.70. The van der Waals surface area contributed by atoms with Crippen LogP contribution in [0.15, 0.2) is 53.9 Å². The van der Waals surface area contributed by atoms with Gasteiger partial charge in [0.15, 0.2) is 0 Å². The maximum absolute atomic E-state index is 5.70. The molecule has 3 aromatic rings. The molecule has 0 aliphatic heterocycles. The minimum atomic E-state index is 0.559. The molecule has 1 aromatic heterocycles. The largest absolute Gasteiger partial charge is 0.326 e. The highest BCUT2D eigenvalue weighted by Crippen LogP contribution is 2.29. The summed E-state index contributed by atoms with van der Waals surface area (Å²) in [4.78, 5) is 4.76. The zero-order chi connectivity index (χ0) is 14.7. The van der Waals surface area contributed by atoms with E-state index in [0.29, 0.717) is 6.54 Å². The molecule has 2 nitrogen and oxygen atoms in total. The van der Waals surface area contributed by atoms with Crippen LogP contribution in [0.5, 0.6) is 0 Å². The summed E-state index contributed by atoms with van der Waals surface area (Å²) in [6, 6.07) is 16.9. The number of aryl methyl sites for hydroxylation is 1. The molecule has 21 heavy (non-hydrogen) atoms. The Morgan fingerprint density at radius 2 is 1.81 bits per heavy atom. The van der Waals surface area contributed by atoms with E-state index < -0.39 is 0 Å². The Bertz CT molecular complexity index is 729. The fourth-order valence-electron chi connectivity index (χ4n) is 2.28. The molecular weight excluding hydrogens is 276 g/mol. The third-order valence-electron chi connectivity index (χ3n) is 3.57. The molecular formula is C18H18N2S. The maximum Gasteiger partial charge on any atom is 0.124 e. The number of aromatic nitrogens is 1. The zero-order valence-electron chi connectivity index (χ0n) is 12.0. The van der Waals surface area contributed by atoms with Gasteiger partial charge < -0.3 is 5.73 Å². The van der Waals surface area contributed by atoms with Crippen molar-refractivity contribution in [3.05, 3.63) is 65.0 Å². The van der Waals surface area contributed by atoms with Crippen LogP contribution in [-0.2, 0) is 13.0 Å². The van der Waals surface area contributed by atoms with E-state index in [1.807, 2.05) is 12.1 Å². The van der Waals surface area contributed by atoms with E-state index in [1.54, 1.807) is 11.3 Å². The standard InChI is InChI=1S/C18H18N2S/c1-2-13-6-8-15(9-7-13)18-20-17(12-21-18)16-5-3-4-14(10-16)11-19/h3-10,12H,2,11,19H2,1H3. The minimum absolute atomic E-state index is 0.559. The first-order valence-corrected chi connectivity index (χ1v) is 8.02. The smallest absolute Gasteiger partial charge is 0.124 e. The highest BCUT2D eigenvalue weighted by molar-refractivity contribution is 7.13. The van der Waals surface area contributed by atoms with Crippen LogP contribution in [0.1, 0.15) is 18.1 Å². The summed E-state index contributed by atoms with van der Waals surface area (Å²) in [5.41, 5.74) is 11.5. The van der Waals surface area contributed by atoms with Gasteiger partial charge in [0.05, 0.1) is 5.69 Å². The fourth-order valence-corrected chi connectivity index (χ4v) is 3.11. The molecule has 0 saturated carbocycles. The highest BCUT2D eigenvalue weighted by Gasteiger charge is 2.07. The van der Waals surface area contributed by atoms with Gasteiger partial charge in [-0.15, -0.1) is 11.3 Å². The first kappa shape index (κ1) is 14.0. The van der Waals surface area contributed by atoms with E-state index in [9.17, 15) is 0 Å². The molecule has 2 aromatic carbocycles. The fraction of sp³-hybridized carbons (Fsp3) is 0.167. The molecule has 0 spiro atoms. The predicted octanol–water partition coefficient (Wildman–Crippen LogP) is 4.50. The molecule has 0 aliphatic carbocycles. The van der Waals surface area contributed by atoms with Crippen LogP contribution < -0.4 is 5.73 Å². The molecule has 0 amide bonds. The predicted molar refractivity (Wildman–Crippen MR) is 90.3 cm³/mol. The molecule has 0 saturated heterocycles. The van der Waals surface area contributed by atoms with Gasteiger partial charge in [0.25, 0.3) is 0 Å². The Labute approximate surface area is 129 Å². The minimum Gasteiger partial charge on any atom is -0.326 e. The second kappa shape index (κ2) is 6.20. The van der Waals surface area contributed by atoms with Crippen LogP contribution in [0.25, 0.3) is 21.8 Å². The zero-order valence-corrected chi connectivity index (χ0v) is 12.9. The third kappa shape index (κ3) is 3.04. The lowest BCUT2D eigenvalue weighted by Crippen LogP contribution is -1.95. The van der Waals surface area contributed by atoms with Gasteiger partial charge in [0.1, 0.15) is 5.01 Å². The van der Waals surface area contributed by atoms with Crippen molar-refractivity contribution in [2.45, 2.75) is 19.9 Å². The van der Waals surface area contributed by atoms with E-state index in [1.165, 1.54) is 11.1 Å². The number of nitrogens with two attached hydrogens (primary N) is 1. The van der Waals surface area contributed by atoms with Crippen molar-refractivity contribution < 1.29 is 0 Å². The summed E-state index contributed by atoms with van der Waals surface area (Å²) in [5.74, 6) is 0. The van der Waals surface area contributed by atoms with Crippen LogP contribution in [-0.4, -0.2) is 4.98 Å². The lowest BCUT2D eigenvalue weighted by Gasteiger charge is -2.01. The number of rotatable bonds is 4. The molecule has 0 atom stereocenters. The lowest BCUT2D eigenvalue weighted by atomic mass is 10.1. The number of hydrogen-bond donors (Lipinski definition) is 1. The summed E-state index contributed by atoms with van der Waals surface area (Å²) in [6.07, 6.45) is 1.06. The van der Waals surface area contributed by atoms with Gasteiger partial charge in [-0.25, -0.2) is 4.98 Å². The summed E-state index contributed by atoms with van der Waals surface area (Å²) in [5, 5.41) is 3.17. The summed E-state index contributed by atoms with van der Waals surface area (Å²) >= 11 is 1.68. The summed E-state index contributed by atoms with van der Waals surface area (Å²) in [6.45, 7) is 2.73. The van der Waals surface area contributed by atoms with Gasteiger partial charge in [-0.3, -0.25) is 0 Å². The molecule has 0 unspecified atom stereocenters. The molecule has 0 radical (unpaired) electrons. The Morgan fingerprint density at radius 3 is 2.52 bits per heavy atom. The van der Waals surface area contributed by atoms with E-state index >= 15 is 0 Å². The molecule has 3 heteroatoms. The monoisotopic (exact) mass is 294 g/mol. The Balaban J connectivity index is 1.91. The molecule has 2 N–H and O–H groups in total. The first-order chi connectivity index (χ1) is 10.3. The van der Waals surface area contributed by atoms with Crippen LogP contribution in [0.4, 0.5) is 0 Å². The van der Waals surface area contributed by atoms with Crippen LogP contribution in [0.2, 0.25) is 0 Å². The topological polar surface area (TPSA) is 38.9 Å². The average molecular weight is 294 g/mol. The van der Waals surface area contributed by atoms with Crippen molar-refractivity contribution in [2.24, 2.45) is 5.73 Å². The molecule has 0 bridgehead atoms. The van der Waals surface area contributed by atoms with Crippen molar-refractivity contribution in [1.82, 2.24) is 4.98 Å². The Hall–Kier alpha value is -1.97. The van der Waals surface area contributed by atoms with Crippen LogP contribution in [0, 0.1) is 0 Å². The third-order valence-corrected chi connectivity index (χ3v) is 4.46. The Kier molecular flexibility index (Phi) is 4.13. The summed E-state index contributed by atoms with van der Waals surface area (Å²) in [7, 11) is 0. The van der Waals surface area contributed by atoms with E-state index in [-0.39, 0.29) is 0 Å². The van der Waals surface area contributed by atoms with Gasteiger partial charge in [-0.2, -0.15) is 0 Å². The van der Waals surface area contributed by atoms with Crippen molar-refractivity contribution in [3.63, 3.8) is 0 Å². The normalized spacial score (nSPS) is 10.8. The van der Waals surface area contributed by atoms with E-state index in [2.05, 4.69) is 48.7 Å². The van der Waals surface area contributed by atoms with Gasteiger partial charge >= 0.3 is 0 Å². The molecule has 0 aliphatic rings. The number of hydrogen-bond acceptors (Lipinski definition) is 3. The number of nitrogens with zero attached hydrogens (tertiary/aromatic N) is 1. The highest BCUT2D eigenvalue weighted by atomic mass is 32.1. The van der Waals surface area contributed by atoms with Crippen molar-refractivity contribution in [2.75, 3.05) is 0 Å². The molecule has 3 rings (SSSR count). The molecule has 1 heterocycles. The average Bonchev–Trinajstić information content (AvgIpc) is 3.05. The number of benzene rings is 2. The summed E-state index contributed by atoms with van der Waals surface area (Å²) < 4.78 is 0. The number of thiazole rings is 1. The van der Waals surface area contributed by atoms with E-state index in [4.69, 9.17) is 10.7 Å². The van der Waals surface area contributed by atoms with Crippen molar-refractivity contribution in [3.8, 4) is 21.8 Å². The Morgan fingerprint density at radius 1 is 1.00 bits per heavy atom. The van der Waals surface area contributed by atoms with Crippen LogP contribution >= 0.6 is 11.3 Å². The lowest BCUT2D eigenvalue weighted by molar-refractivity contribution is 1.07. The van der Waals surface area contributed by atoms with Gasteiger partial charge in [0, 0.05) is 23.1 Å². The second-order valence-corrected chi connectivity index (χ2v) is 5.85. The van der Waals surface area contributed by atoms with E-state index in [0.717, 1.165) is 28.2 Å². The quantitative estimate of drug-likeness (QED) is 0.769. The first-order valence-electron chi connectivity index (χ1n) is 7.14. The molecule has 0 fully saturated rings.